The molecular weight excluding hydrogens is 504 g/mol. The number of aromatic nitrogens is 2. The molecule has 1 unspecified atom stereocenters. The van der Waals surface area contributed by atoms with Crippen molar-refractivity contribution in [3.63, 3.8) is 0 Å². The van der Waals surface area contributed by atoms with E-state index in [1.165, 1.54) is 37.0 Å². The van der Waals surface area contributed by atoms with Gasteiger partial charge in [0.25, 0.3) is 5.69 Å². The number of rotatable bonds is 8. The van der Waals surface area contributed by atoms with Crippen molar-refractivity contribution in [2.45, 2.75) is 31.6 Å². The molecule has 202 valence electrons. The molecule has 9 heteroatoms. The minimum Gasteiger partial charge on any atom is -0.345 e. The van der Waals surface area contributed by atoms with Crippen LogP contribution in [0.1, 0.15) is 41.9 Å². The molecule has 4 aromatic rings. The standard InChI is InChI=1S/C31H30N6O3/c38-31-29(26-18-25(37(39)40)12-13-27(26)35-31)30(34-24-10-8-22(9-11-24)28-19-32-20-33-28)23-6-4-21(5-7-23)14-17-36-15-2-1-3-16-36/h4-13,18-20,29H,1-3,14-17H2,(H,32,33)(H,35,38). The van der Waals surface area contributed by atoms with Crippen molar-refractivity contribution in [2.75, 3.05) is 25.0 Å². The van der Waals surface area contributed by atoms with Crippen LogP contribution in [0.5, 0.6) is 0 Å². The first kappa shape index (κ1) is 25.6. The quantitative estimate of drug-likeness (QED) is 0.167. The second kappa shape index (κ2) is 11.2. The van der Waals surface area contributed by atoms with Gasteiger partial charge in [0.05, 0.1) is 34.5 Å². The predicted octanol–water partition coefficient (Wildman–Crippen LogP) is 5.87. The Kier molecular flexibility index (Phi) is 7.20. The molecule has 2 aliphatic heterocycles. The largest absolute Gasteiger partial charge is 0.345 e. The lowest BCUT2D eigenvalue weighted by molar-refractivity contribution is -0.384. The van der Waals surface area contributed by atoms with Gasteiger partial charge < -0.3 is 15.2 Å². The van der Waals surface area contributed by atoms with E-state index < -0.39 is 10.8 Å². The van der Waals surface area contributed by atoms with Gasteiger partial charge in [0.15, 0.2) is 0 Å². The van der Waals surface area contributed by atoms with Crippen LogP contribution in [-0.2, 0) is 11.2 Å². The van der Waals surface area contributed by atoms with E-state index in [4.69, 9.17) is 4.99 Å². The highest BCUT2D eigenvalue weighted by atomic mass is 16.6. The maximum atomic E-state index is 13.3. The third-order valence-electron chi connectivity index (χ3n) is 7.69. The summed E-state index contributed by atoms with van der Waals surface area (Å²) in [6, 6.07) is 20.3. The van der Waals surface area contributed by atoms with Gasteiger partial charge >= 0.3 is 0 Å². The molecule has 1 atom stereocenters. The number of carbonyl (C=O) groups is 1. The van der Waals surface area contributed by atoms with Gasteiger partial charge in [-0.15, -0.1) is 0 Å². The number of imidazole rings is 1. The van der Waals surface area contributed by atoms with Gasteiger partial charge in [0.2, 0.25) is 5.91 Å². The summed E-state index contributed by atoms with van der Waals surface area (Å²) in [7, 11) is 0. The molecule has 3 aromatic carbocycles. The molecular formula is C31H30N6O3. The van der Waals surface area contributed by atoms with Crippen LogP contribution in [0.3, 0.4) is 0 Å². The number of nitro benzene ring substituents is 1. The van der Waals surface area contributed by atoms with Gasteiger partial charge in [0, 0.05) is 29.9 Å². The fourth-order valence-corrected chi connectivity index (χ4v) is 5.51. The highest BCUT2D eigenvalue weighted by molar-refractivity contribution is 6.24. The Bertz CT molecular complexity index is 1540. The number of aromatic amines is 1. The van der Waals surface area contributed by atoms with Gasteiger partial charge in [-0.05, 0) is 67.2 Å². The molecule has 0 radical (unpaired) electrons. The van der Waals surface area contributed by atoms with Crippen LogP contribution in [0.15, 0.2) is 84.2 Å². The first-order valence-corrected chi connectivity index (χ1v) is 13.6. The number of piperidine rings is 1. The van der Waals surface area contributed by atoms with Crippen molar-refractivity contribution in [1.29, 1.82) is 0 Å². The maximum Gasteiger partial charge on any atom is 0.269 e. The zero-order valence-electron chi connectivity index (χ0n) is 22.0. The zero-order chi connectivity index (χ0) is 27.5. The minimum absolute atomic E-state index is 0.0587. The highest BCUT2D eigenvalue weighted by Crippen LogP contribution is 2.38. The Morgan fingerprint density at radius 3 is 2.50 bits per heavy atom. The summed E-state index contributed by atoms with van der Waals surface area (Å²) in [4.78, 5) is 39.0. The summed E-state index contributed by atoms with van der Waals surface area (Å²) in [5, 5.41) is 14.4. The number of likely N-dealkylation sites (tertiary alicyclic amines) is 1. The second-order valence-corrected chi connectivity index (χ2v) is 10.3. The molecule has 1 amide bonds. The van der Waals surface area contributed by atoms with Crippen LogP contribution >= 0.6 is 0 Å². The summed E-state index contributed by atoms with van der Waals surface area (Å²) in [5.74, 6) is -1.03. The van der Waals surface area contributed by atoms with Crippen LogP contribution in [0.2, 0.25) is 0 Å². The number of nitrogens with one attached hydrogen (secondary N) is 2. The Balaban J connectivity index is 1.34. The van der Waals surface area contributed by atoms with Gasteiger partial charge in [0.1, 0.15) is 5.92 Å². The molecule has 0 spiro atoms. The summed E-state index contributed by atoms with van der Waals surface area (Å²) in [5.41, 5.74) is 6.19. The van der Waals surface area contributed by atoms with E-state index in [0.29, 0.717) is 22.6 Å². The number of aliphatic imine (C=N–C) groups is 1. The third-order valence-corrected chi connectivity index (χ3v) is 7.69. The molecule has 0 bridgehead atoms. The van der Waals surface area contributed by atoms with Crippen LogP contribution in [-0.4, -0.2) is 51.0 Å². The first-order chi connectivity index (χ1) is 19.5. The summed E-state index contributed by atoms with van der Waals surface area (Å²) < 4.78 is 0. The highest BCUT2D eigenvalue weighted by Gasteiger charge is 2.36. The van der Waals surface area contributed by atoms with Crippen LogP contribution in [0, 0.1) is 10.1 Å². The van der Waals surface area contributed by atoms with Gasteiger partial charge in [-0.2, -0.15) is 0 Å². The number of benzene rings is 3. The monoisotopic (exact) mass is 534 g/mol. The fraction of sp³-hybridized carbons (Fsp3) is 0.258. The number of fused-ring (bicyclic) bond motifs is 1. The smallest absolute Gasteiger partial charge is 0.269 e. The van der Waals surface area contributed by atoms with Crippen molar-refractivity contribution in [2.24, 2.45) is 4.99 Å². The molecule has 0 saturated carbocycles. The zero-order valence-corrected chi connectivity index (χ0v) is 22.0. The number of non-ortho nitro benzene ring substituents is 1. The molecule has 0 aliphatic carbocycles. The maximum absolute atomic E-state index is 13.3. The van der Waals surface area contributed by atoms with E-state index in [0.717, 1.165) is 42.9 Å². The summed E-state index contributed by atoms with van der Waals surface area (Å²) in [6.45, 7) is 3.36. The molecule has 9 nitrogen and oxygen atoms in total. The lowest BCUT2D eigenvalue weighted by atomic mass is 9.90. The number of carbonyl (C=O) groups excluding carboxylic acids is 1. The third kappa shape index (κ3) is 5.41. The Labute approximate surface area is 232 Å². The van der Waals surface area contributed by atoms with Crippen molar-refractivity contribution < 1.29 is 9.72 Å². The second-order valence-electron chi connectivity index (χ2n) is 10.3. The number of H-pyrrole nitrogens is 1. The predicted molar refractivity (Wildman–Crippen MR) is 155 cm³/mol. The molecule has 2 N–H and O–H groups in total. The molecule has 1 saturated heterocycles. The number of hydrogen-bond acceptors (Lipinski definition) is 6. The SMILES string of the molecule is O=C1Nc2ccc([N+](=O)[O-])cc2C1C(=Nc1ccc(-c2cnc[nH]2)cc1)c1ccc(CCN2CCCCC2)cc1. The first-order valence-electron chi connectivity index (χ1n) is 13.6. The number of anilines is 1. The van der Waals surface area contributed by atoms with Crippen LogP contribution in [0.25, 0.3) is 11.3 Å². The normalized spacial score (nSPS) is 17.4. The minimum atomic E-state index is -0.776. The van der Waals surface area contributed by atoms with Gasteiger partial charge in [-0.25, -0.2) is 4.98 Å². The van der Waals surface area contributed by atoms with E-state index in [-0.39, 0.29) is 11.6 Å². The summed E-state index contributed by atoms with van der Waals surface area (Å²) >= 11 is 0. The molecule has 6 rings (SSSR count). The molecule has 1 aromatic heterocycles. The Morgan fingerprint density at radius 2 is 1.80 bits per heavy atom. The van der Waals surface area contributed by atoms with Crippen LogP contribution < -0.4 is 5.32 Å². The van der Waals surface area contributed by atoms with Crippen molar-refractivity contribution in [1.82, 2.24) is 14.9 Å². The van der Waals surface area contributed by atoms with E-state index in [9.17, 15) is 14.9 Å². The molecule has 2 aliphatic rings. The topological polar surface area (TPSA) is 117 Å². The van der Waals surface area contributed by atoms with Crippen molar-refractivity contribution in [3.05, 3.63) is 106 Å². The Morgan fingerprint density at radius 1 is 1.02 bits per heavy atom. The lowest BCUT2D eigenvalue weighted by Crippen LogP contribution is -2.31. The number of hydrogen-bond donors (Lipinski definition) is 2. The molecule has 1 fully saturated rings. The lowest BCUT2D eigenvalue weighted by Gasteiger charge is -2.26. The average Bonchev–Trinajstić information content (AvgIpc) is 3.63. The molecule has 3 heterocycles. The van der Waals surface area contributed by atoms with E-state index in [1.807, 2.05) is 36.4 Å². The fourth-order valence-electron chi connectivity index (χ4n) is 5.51. The Hall–Kier alpha value is -4.63. The van der Waals surface area contributed by atoms with Crippen molar-refractivity contribution >= 4 is 28.7 Å². The van der Waals surface area contributed by atoms with E-state index in [1.54, 1.807) is 18.6 Å². The number of nitrogens with zero attached hydrogens (tertiary/aromatic N) is 4. The molecule has 40 heavy (non-hydrogen) atoms. The number of nitro groups is 1. The summed E-state index contributed by atoms with van der Waals surface area (Å²) in [6.07, 6.45) is 8.20. The van der Waals surface area contributed by atoms with Crippen molar-refractivity contribution in [3.8, 4) is 11.3 Å². The van der Waals surface area contributed by atoms with E-state index >= 15 is 0 Å². The van der Waals surface area contributed by atoms with E-state index in [2.05, 4.69) is 32.3 Å². The van der Waals surface area contributed by atoms with Crippen LogP contribution in [0.4, 0.5) is 17.1 Å². The van der Waals surface area contributed by atoms with Gasteiger partial charge in [-0.3, -0.25) is 19.9 Å². The van der Waals surface area contributed by atoms with Gasteiger partial charge in [-0.1, -0.05) is 42.8 Å². The number of amides is 1. The average molecular weight is 535 g/mol.